The number of halogens is 2. The molecule has 12 heteroatoms. The van der Waals surface area contributed by atoms with E-state index in [0.29, 0.717) is 34.1 Å². The van der Waals surface area contributed by atoms with Crippen molar-refractivity contribution in [2.24, 2.45) is 0 Å². The van der Waals surface area contributed by atoms with Gasteiger partial charge in [0.2, 0.25) is 12.0 Å². The van der Waals surface area contributed by atoms with Crippen LogP contribution in [-0.2, 0) is 27.4 Å². The molecule has 0 fully saturated rings. The molecule has 0 aliphatic heterocycles. The Hall–Kier alpha value is -5.39. The first-order chi connectivity index (χ1) is 24.4. The molecular weight excluding hydrogens is 675 g/mol. The summed E-state index contributed by atoms with van der Waals surface area (Å²) in [7, 11) is 0. The van der Waals surface area contributed by atoms with E-state index >= 15 is 0 Å². The minimum atomic E-state index is -1.36. The predicted molar refractivity (Wildman–Crippen MR) is 193 cm³/mol. The Bertz CT molecular complexity index is 2010. The second-order valence-corrected chi connectivity index (χ2v) is 13.2. The number of nitrogens with one attached hydrogen (secondary N) is 4. The SMILES string of the molecule is CCC(NCc1ccccc1F)C(=O)NC(=O)C(Oc1ccc2[nH]ccc2c1)c1ccc(Cl)cc1Oc1cccc(CNC(=O)OC(C)(C)C)c1. The third-order valence-corrected chi connectivity index (χ3v) is 7.94. The van der Waals surface area contributed by atoms with Gasteiger partial charge in [0.25, 0.3) is 5.91 Å². The third-order valence-electron chi connectivity index (χ3n) is 7.70. The molecule has 2 unspecified atom stereocenters. The molecule has 0 aliphatic carbocycles. The van der Waals surface area contributed by atoms with Gasteiger partial charge in [0.05, 0.1) is 6.04 Å². The summed E-state index contributed by atoms with van der Waals surface area (Å²) in [5, 5.41) is 9.44. The van der Waals surface area contributed by atoms with Crippen LogP contribution >= 0.6 is 11.6 Å². The standard InChI is InChI=1S/C39H40ClFN4O6/c1-5-32(43-23-26-10-6-7-12-31(26)41)36(46)45-37(47)35(50-29-14-16-33-25(20-29)17-18-42-33)30-15-13-27(40)21-34(30)49-28-11-8-9-24(19-28)22-44-38(48)51-39(2,3)4/h6-21,32,35,42-43H,5,22-23H2,1-4H3,(H,44,48)(H,45,46,47). The van der Waals surface area contributed by atoms with Crippen LogP contribution in [0.3, 0.4) is 0 Å². The number of hydrogen-bond donors (Lipinski definition) is 4. The number of hydrogen-bond acceptors (Lipinski definition) is 7. The molecule has 5 rings (SSSR count). The molecule has 0 saturated heterocycles. The molecular formula is C39H40ClFN4O6. The molecule has 0 radical (unpaired) electrons. The summed E-state index contributed by atoms with van der Waals surface area (Å²) in [5.41, 5.74) is 1.65. The second kappa shape index (κ2) is 16.5. The van der Waals surface area contributed by atoms with E-state index < -0.39 is 41.5 Å². The van der Waals surface area contributed by atoms with Gasteiger partial charge in [-0.2, -0.15) is 0 Å². The van der Waals surface area contributed by atoms with E-state index in [1.807, 2.05) is 18.2 Å². The van der Waals surface area contributed by atoms with Gasteiger partial charge in [-0.3, -0.25) is 14.9 Å². The summed E-state index contributed by atoms with van der Waals surface area (Å²) >= 11 is 6.41. The highest BCUT2D eigenvalue weighted by Crippen LogP contribution is 2.36. The first-order valence-electron chi connectivity index (χ1n) is 16.5. The number of benzene rings is 4. The largest absolute Gasteiger partial charge is 0.476 e. The van der Waals surface area contributed by atoms with Crippen molar-refractivity contribution in [1.82, 2.24) is 20.9 Å². The van der Waals surface area contributed by atoms with E-state index in [4.69, 9.17) is 25.8 Å². The Kier molecular flexibility index (Phi) is 12.0. The van der Waals surface area contributed by atoms with Crippen LogP contribution in [0.4, 0.5) is 9.18 Å². The number of fused-ring (bicyclic) bond motifs is 1. The minimum Gasteiger partial charge on any atom is -0.476 e. The molecule has 0 bridgehead atoms. The summed E-state index contributed by atoms with van der Waals surface area (Å²) in [5.74, 6) is -0.771. The van der Waals surface area contributed by atoms with Gasteiger partial charge in [0.15, 0.2) is 0 Å². The second-order valence-electron chi connectivity index (χ2n) is 12.8. The van der Waals surface area contributed by atoms with Crippen LogP contribution in [0, 0.1) is 5.82 Å². The fourth-order valence-electron chi connectivity index (χ4n) is 5.22. The highest BCUT2D eigenvalue weighted by molar-refractivity contribution is 6.30. The van der Waals surface area contributed by atoms with Crippen molar-refractivity contribution in [2.45, 2.75) is 65.0 Å². The van der Waals surface area contributed by atoms with Crippen molar-refractivity contribution in [3.8, 4) is 17.2 Å². The maximum absolute atomic E-state index is 14.2. The van der Waals surface area contributed by atoms with Gasteiger partial charge in [-0.1, -0.05) is 48.9 Å². The maximum Gasteiger partial charge on any atom is 0.407 e. The number of ether oxygens (including phenoxy) is 3. The number of amides is 3. The third kappa shape index (κ3) is 10.3. The molecule has 0 aliphatic rings. The topological polar surface area (TPSA) is 131 Å². The highest BCUT2D eigenvalue weighted by atomic mass is 35.5. The lowest BCUT2D eigenvalue weighted by molar-refractivity contribution is -0.136. The Balaban J connectivity index is 1.40. The number of imide groups is 1. The Morgan fingerprint density at radius 2 is 1.69 bits per heavy atom. The van der Waals surface area contributed by atoms with E-state index in [-0.39, 0.29) is 18.8 Å². The van der Waals surface area contributed by atoms with Crippen LogP contribution in [0.5, 0.6) is 17.2 Å². The number of H-pyrrole nitrogens is 1. The average molecular weight is 715 g/mol. The van der Waals surface area contributed by atoms with Crippen LogP contribution < -0.4 is 25.4 Å². The number of rotatable bonds is 13. The minimum absolute atomic E-state index is 0.0882. The molecule has 2 atom stereocenters. The summed E-state index contributed by atoms with van der Waals surface area (Å²) in [4.78, 5) is 42.8. The summed E-state index contributed by atoms with van der Waals surface area (Å²) in [6, 6.07) is 24.4. The van der Waals surface area contributed by atoms with Gasteiger partial charge >= 0.3 is 6.09 Å². The van der Waals surface area contributed by atoms with Crippen molar-refractivity contribution in [3.63, 3.8) is 0 Å². The molecule has 51 heavy (non-hydrogen) atoms. The number of carbonyl (C=O) groups excluding carboxylic acids is 3. The molecule has 4 N–H and O–H groups in total. The molecule has 5 aromatic rings. The first-order valence-corrected chi connectivity index (χ1v) is 16.8. The summed E-state index contributed by atoms with van der Waals surface area (Å²) in [6.07, 6.45) is 0.201. The lowest BCUT2D eigenvalue weighted by Gasteiger charge is -2.23. The maximum atomic E-state index is 14.2. The van der Waals surface area contributed by atoms with Crippen molar-refractivity contribution < 1.29 is 33.0 Å². The van der Waals surface area contributed by atoms with E-state index in [1.54, 1.807) is 101 Å². The number of carbonyl (C=O) groups is 3. The van der Waals surface area contributed by atoms with Crippen LogP contribution in [-0.4, -0.2) is 34.5 Å². The molecule has 3 amide bonds. The van der Waals surface area contributed by atoms with Gasteiger partial charge in [0.1, 0.15) is 28.7 Å². The van der Waals surface area contributed by atoms with Gasteiger partial charge < -0.3 is 29.8 Å². The van der Waals surface area contributed by atoms with Crippen molar-refractivity contribution in [2.75, 3.05) is 0 Å². The van der Waals surface area contributed by atoms with E-state index in [0.717, 1.165) is 16.5 Å². The van der Waals surface area contributed by atoms with Gasteiger partial charge in [-0.15, -0.1) is 0 Å². The predicted octanol–water partition coefficient (Wildman–Crippen LogP) is 8.11. The fraction of sp³-hybridized carbons (Fsp3) is 0.256. The lowest BCUT2D eigenvalue weighted by atomic mass is 10.1. The van der Waals surface area contributed by atoms with Crippen LogP contribution in [0.1, 0.15) is 56.9 Å². The van der Waals surface area contributed by atoms with Crippen LogP contribution in [0.2, 0.25) is 5.02 Å². The van der Waals surface area contributed by atoms with E-state index in [2.05, 4.69) is 20.9 Å². The number of alkyl carbamates (subject to hydrolysis) is 1. The molecule has 4 aromatic carbocycles. The summed E-state index contributed by atoms with van der Waals surface area (Å²) in [6.45, 7) is 7.39. The van der Waals surface area contributed by atoms with Crippen molar-refractivity contribution in [3.05, 3.63) is 125 Å². The number of aromatic amines is 1. The Morgan fingerprint density at radius 3 is 2.45 bits per heavy atom. The van der Waals surface area contributed by atoms with Crippen molar-refractivity contribution >= 4 is 40.4 Å². The Labute approximate surface area is 300 Å². The smallest absolute Gasteiger partial charge is 0.407 e. The molecule has 266 valence electrons. The van der Waals surface area contributed by atoms with Gasteiger partial charge in [-0.25, -0.2) is 9.18 Å². The number of aromatic nitrogens is 1. The average Bonchev–Trinajstić information content (AvgIpc) is 3.55. The van der Waals surface area contributed by atoms with E-state index in [1.165, 1.54) is 6.07 Å². The van der Waals surface area contributed by atoms with Crippen molar-refractivity contribution in [1.29, 1.82) is 0 Å². The summed E-state index contributed by atoms with van der Waals surface area (Å²) < 4.78 is 32.2. The zero-order valence-electron chi connectivity index (χ0n) is 28.7. The van der Waals surface area contributed by atoms with Gasteiger partial charge in [-0.05, 0) is 93.4 Å². The molecule has 1 heterocycles. The van der Waals surface area contributed by atoms with Crippen LogP contribution in [0.15, 0.2) is 97.2 Å². The highest BCUT2D eigenvalue weighted by Gasteiger charge is 2.30. The fourth-order valence-corrected chi connectivity index (χ4v) is 5.38. The Morgan fingerprint density at radius 1 is 0.882 bits per heavy atom. The zero-order chi connectivity index (χ0) is 36.5. The quantitative estimate of drug-likeness (QED) is 0.0969. The monoisotopic (exact) mass is 714 g/mol. The first kappa shape index (κ1) is 36.9. The van der Waals surface area contributed by atoms with E-state index in [9.17, 15) is 18.8 Å². The lowest BCUT2D eigenvalue weighted by Crippen LogP contribution is -2.47. The zero-order valence-corrected chi connectivity index (χ0v) is 29.5. The molecule has 0 spiro atoms. The normalized spacial score (nSPS) is 12.5. The molecule has 0 saturated carbocycles. The van der Waals surface area contributed by atoms with Crippen LogP contribution in [0.25, 0.3) is 10.9 Å². The molecule has 10 nitrogen and oxygen atoms in total. The molecule has 1 aromatic heterocycles. The van der Waals surface area contributed by atoms with Gasteiger partial charge in [0, 0.05) is 46.3 Å².